The molecule has 1 unspecified atom stereocenters. The first-order valence-electron chi connectivity index (χ1n) is 7.52. The fraction of sp³-hybridized carbons (Fsp3) is 0.385. The van der Waals surface area contributed by atoms with E-state index in [-0.39, 0.29) is 22.2 Å². The largest absolute Gasteiger partial charge is 0.375 e. The summed E-state index contributed by atoms with van der Waals surface area (Å²) in [7, 11) is 3.23. The molecule has 15 heteroatoms. The number of rotatable bonds is 5. The predicted octanol–water partition coefficient (Wildman–Crippen LogP) is 0.850. The molecule has 0 aliphatic rings. The van der Waals surface area contributed by atoms with Crippen molar-refractivity contribution in [2.45, 2.75) is 19.5 Å². The minimum absolute atomic E-state index is 0.0380. The van der Waals surface area contributed by atoms with Crippen molar-refractivity contribution in [3.8, 4) is 0 Å². The average molecular weight is 468 g/mol. The molecule has 6 N–H and O–H groups in total. The molecule has 156 valence electrons. The Morgan fingerprint density at radius 2 is 2.18 bits per heavy atom. The molecule has 0 fully saturated rings. The number of hydrazine groups is 1. The van der Waals surface area contributed by atoms with Gasteiger partial charge in [-0.15, -0.1) is 17.9 Å². The van der Waals surface area contributed by atoms with Gasteiger partial charge in [-0.3, -0.25) is 10.0 Å². The topological polar surface area (TPSA) is 151 Å². The Bertz CT molecular complexity index is 728. The zero-order valence-corrected chi connectivity index (χ0v) is 18.7. The van der Waals surface area contributed by atoms with Crippen molar-refractivity contribution in [3.63, 3.8) is 0 Å². The molecular formula is C13H22ClN9O2S3. The maximum absolute atomic E-state index is 10.1. The number of hydrazone groups is 1. The minimum Gasteiger partial charge on any atom is -0.375 e. The molecule has 1 heterocycles. The van der Waals surface area contributed by atoms with Crippen LogP contribution in [0.3, 0.4) is 0 Å². The van der Waals surface area contributed by atoms with Crippen LogP contribution in [0.2, 0.25) is 4.47 Å². The second-order valence-corrected chi connectivity index (χ2v) is 7.42. The highest BCUT2D eigenvalue weighted by atomic mass is 35.5. The number of nitrogens with zero attached hydrogens (tertiary/aromatic N) is 5. The van der Waals surface area contributed by atoms with Crippen molar-refractivity contribution < 1.29 is 5.03 Å². The summed E-state index contributed by atoms with van der Waals surface area (Å²) in [4.78, 5) is 14.8. The number of nitro groups is 1. The van der Waals surface area contributed by atoms with E-state index in [4.69, 9.17) is 47.5 Å². The Morgan fingerprint density at radius 3 is 2.54 bits per heavy atom. The minimum atomic E-state index is -0.779. The summed E-state index contributed by atoms with van der Waals surface area (Å²) >= 11 is 16.6. The van der Waals surface area contributed by atoms with Gasteiger partial charge in [-0.25, -0.2) is 15.1 Å². The van der Waals surface area contributed by atoms with Crippen molar-refractivity contribution in [3.05, 3.63) is 38.3 Å². The number of nitrogens with two attached hydrogens (primary N) is 2. The highest BCUT2D eigenvalue weighted by molar-refractivity contribution is 7.80. The summed E-state index contributed by atoms with van der Waals surface area (Å²) in [6.45, 7) is 5.91. The Hall–Kier alpha value is -2.29. The smallest absolute Gasteiger partial charge is 0.268 e. The van der Waals surface area contributed by atoms with E-state index < -0.39 is 5.03 Å². The van der Waals surface area contributed by atoms with E-state index in [1.54, 1.807) is 24.3 Å². The van der Waals surface area contributed by atoms with Crippen molar-refractivity contribution in [2.75, 3.05) is 14.1 Å². The lowest BCUT2D eigenvalue weighted by atomic mass is 10.3. The normalized spacial score (nSPS) is 11.4. The number of hydrogen-bond donors (Lipinski definition) is 4. The number of thiazole rings is 1. The van der Waals surface area contributed by atoms with Crippen LogP contribution < -0.4 is 22.1 Å². The van der Waals surface area contributed by atoms with E-state index in [1.165, 1.54) is 23.4 Å². The van der Waals surface area contributed by atoms with Gasteiger partial charge in [0, 0.05) is 25.2 Å². The van der Waals surface area contributed by atoms with E-state index in [2.05, 4.69) is 27.3 Å². The van der Waals surface area contributed by atoms with Crippen LogP contribution in [0, 0.1) is 10.1 Å². The first-order chi connectivity index (χ1) is 13.0. The van der Waals surface area contributed by atoms with Gasteiger partial charge >= 0.3 is 0 Å². The van der Waals surface area contributed by atoms with Crippen LogP contribution >= 0.6 is 47.4 Å². The van der Waals surface area contributed by atoms with Crippen molar-refractivity contribution in [2.24, 2.45) is 16.6 Å². The van der Waals surface area contributed by atoms with E-state index in [1.807, 2.05) is 6.92 Å². The molecule has 0 amide bonds. The third kappa shape index (κ3) is 9.59. The fourth-order valence-electron chi connectivity index (χ4n) is 1.62. The zero-order valence-electron chi connectivity index (χ0n) is 15.5. The maximum Gasteiger partial charge on any atom is 0.268 e. The Kier molecular flexibility index (Phi) is 11.9. The van der Waals surface area contributed by atoms with Crippen LogP contribution in [0.5, 0.6) is 0 Å². The lowest BCUT2D eigenvalue weighted by Crippen LogP contribution is -2.54. The molecule has 1 aromatic heterocycles. The molecule has 28 heavy (non-hydrogen) atoms. The number of nitrogens with one attached hydrogen (secondary N) is 2. The summed E-state index contributed by atoms with van der Waals surface area (Å²) in [6, 6.07) is -0.0380. The van der Waals surface area contributed by atoms with Crippen molar-refractivity contribution in [1.29, 1.82) is 0 Å². The van der Waals surface area contributed by atoms with E-state index >= 15 is 0 Å². The second-order valence-electron chi connectivity index (χ2n) is 4.89. The van der Waals surface area contributed by atoms with Gasteiger partial charge < -0.3 is 22.1 Å². The third-order valence-electron chi connectivity index (χ3n) is 2.97. The summed E-state index contributed by atoms with van der Waals surface area (Å²) in [6.07, 6.45) is 3.30. The standard InChI is InChI=1S/C7H14N4S2.C6H8ClN5O2S/c1-4-5(2)11(7(9)13)10(3)6(8)12;1-8-6(11-12(13)14)10-3-4-2-9-5(7)15-4/h4-5H,1H2,2-3H3,(H2,8,12)(H2,9,13);2H,3H2,1H3,(H2,8,10,11). The Labute approximate surface area is 182 Å². The first kappa shape index (κ1) is 25.7. The van der Waals surface area contributed by atoms with Crippen LogP contribution in [0.15, 0.2) is 24.0 Å². The number of aromatic nitrogens is 1. The van der Waals surface area contributed by atoms with Gasteiger partial charge in [-0.2, -0.15) is 0 Å². The number of thiocarbonyl (C=S) groups is 2. The van der Waals surface area contributed by atoms with Crippen LogP contribution in [0.25, 0.3) is 0 Å². The highest BCUT2D eigenvalue weighted by Crippen LogP contribution is 2.17. The molecule has 0 aliphatic heterocycles. The number of guanidine groups is 1. The average Bonchev–Trinajstić information content (AvgIpc) is 3.03. The zero-order chi connectivity index (χ0) is 21.9. The quantitative estimate of drug-likeness (QED) is 0.122. The SMILES string of the molecule is C=CC(C)N(C(N)=S)N(C)C(N)=S.CN/C(=N\[N+](=O)[O-])NCc1cnc(Cl)s1. The third-order valence-corrected chi connectivity index (χ3v) is 4.53. The van der Waals surface area contributed by atoms with Gasteiger partial charge in [-0.05, 0) is 31.4 Å². The second kappa shape index (κ2) is 13.0. The van der Waals surface area contributed by atoms with Crippen molar-refractivity contribution >= 4 is 63.6 Å². The summed E-state index contributed by atoms with van der Waals surface area (Å²) < 4.78 is 0.434. The van der Waals surface area contributed by atoms with E-state index in [0.717, 1.165) is 4.88 Å². The first-order valence-corrected chi connectivity index (χ1v) is 9.53. The molecule has 1 atom stereocenters. The molecule has 11 nitrogen and oxygen atoms in total. The molecule has 1 rings (SSSR count). The lowest BCUT2D eigenvalue weighted by Gasteiger charge is -2.35. The van der Waals surface area contributed by atoms with Crippen LogP contribution in [0.1, 0.15) is 11.8 Å². The molecule has 0 spiro atoms. The van der Waals surface area contributed by atoms with Gasteiger partial charge in [0.25, 0.3) is 5.96 Å². The summed E-state index contributed by atoms with van der Waals surface area (Å²) in [5.74, 6) is 0.0875. The van der Waals surface area contributed by atoms with Gasteiger partial charge in [0.05, 0.1) is 12.6 Å². The molecule has 0 aliphatic carbocycles. The summed E-state index contributed by atoms with van der Waals surface area (Å²) in [5, 5.41) is 21.2. The number of hydrogen-bond acceptors (Lipinski definition) is 6. The van der Waals surface area contributed by atoms with Crippen LogP contribution in [-0.2, 0) is 6.54 Å². The molecule has 0 saturated heterocycles. The molecule has 1 aromatic rings. The van der Waals surface area contributed by atoms with Crippen LogP contribution in [0.4, 0.5) is 0 Å². The van der Waals surface area contributed by atoms with Crippen molar-refractivity contribution in [1.82, 2.24) is 25.6 Å². The Morgan fingerprint density at radius 1 is 1.57 bits per heavy atom. The van der Waals surface area contributed by atoms with Crippen LogP contribution in [-0.4, -0.2) is 56.4 Å². The maximum atomic E-state index is 10.1. The summed E-state index contributed by atoms with van der Waals surface area (Å²) in [5.41, 5.74) is 10.9. The molecule has 0 bridgehead atoms. The molecule has 0 saturated carbocycles. The fourth-order valence-corrected chi connectivity index (χ4v) is 2.91. The van der Waals surface area contributed by atoms with Gasteiger partial charge in [0.1, 0.15) is 5.10 Å². The molecule has 0 aromatic carbocycles. The van der Waals surface area contributed by atoms with E-state index in [9.17, 15) is 10.1 Å². The highest BCUT2D eigenvalue weighted by Gasteiger charge is 2.17. The molecule has 0 radical (unpaired) electrons. The number of halogens is 1. The molecular weight excluding hydrogens is 446 g/mol. The Balaban J connectivity index is 0.000000528. The van der Waals surface area contributed by atoms with Gasteiger partial charge in [-0.1, -0.05) is 17.7 Å². The predicted molar refractivity (Wildman–Crippen MR) is 120 cm³/mol. The monoisotopic (exact) mass is 467 g/mol. The van der Waals surface area contributed by atoms with Gasteiger partial charge in [0.2, 0.25) is 0 Å². The van der Waals surface area contributed by atoms with Gasteiger partial charge in [0.15, 0.2) is 19.7 Å². The lowest BCUT2D eigenvalue weighted by molar-refractivity contribution is -0.485. The van der Waals surface area contributed by atoms with E-state index in [0.29, 0.717) is 11.0 Å².